The fourth-order valence-electron chi connectivity index (χ4n) is 4.32. The van der Waals surface area contributed by atoms with Gasteiger partial charge >= 0.3 is 6.09 Å². The van der Waals surface area contributed by atoms with Crippen LogP contribution in [0.2, 0.25) is 10.0 Å². The van der Waals surface area contributed by atoms with Gasteiger partial charge in [0.25, 0.3) is 5.91 Å². The molecule has 39 heavy (non-hydrogen) atoms. The number of aromatic nitrogens is 2. The molecule has 3 aromatic rings. The quantitative estimate of drug-likeness (QED) is 0.370. The summed E-state index contributed by atoms with van der Waals surface area (Å²) >= 11 is 12.2. The smallest absolute Gasteiger partial charge is 0.410 e. The molecule has 0 radical (unpaired) electrons. The first-order valence-electron chi connectivity index (χ1n) is 12.4. The molecule has 0 spiro atoms. The SMILES string of the molecule is Cc1ncc(-c2cc(NC(=O)c3cc(Cl)cc(Cl)c3)c(N3CCC(N(C)C(=O)OC(C)(C)C)C3)cc2F)cn1. The van der Waals surface area contributed by atoms with Crippen LogP contribution in [0.25, 0.3) is 11.1 Å². The van der Waals surface area contributed by atoms with E-state index in [1.807, 2.05) is 25.7 Å². The topological polar surface area (TPSA) is 87.7 Å². The first-order chi connectivity index (χ1) is 18.3. The lowest BCUT2D eigenvalue weighted by molar-refractivity contribution is 0.0238. The summed E-state index contributed by atoms with van der Waals surface area (Å²) in [5.41, 5.74) is 1.20. The lowest BCUT2D eigenvalue weighted by atomic mass is 10.1. The fourth-order valence-corrected chi connectivity index (χ4v) is 4.84. The summed E-state index contributed by atoms with van der Waals surface area (Å²) in [6, 6.07) is 7.32. The number of halogens is 3. The van der Waals surface area contributed by atoms with Crippen molar-refractivity contribution in [3.63, 3.8) is 0 Å². The Balaban J connectivity index is 1.67. The highest BCUT2D eigenvalue weighted by molar-refractivity contribution is 6.35. The maximum absolute atomic E-state index is 15.5. The van der Waals surface area contributed by atoms with Crippen molar-refractivity contribution in [1.29, 1.82) is 0 Å². The molecule has 11 heteroatoms. The lowest BCUT2D eigenvalue weighted by Gasteiger charge is -2.29. The number of rotatable bonds is 5. The Morgan fingerprint density at radius 2 is 1.74 bits per heavy atom. The van der Waals surface area contributed by atoms with Crippen molar-refractivity contribution in [1.82, 2.24) is 14.9 Å². The van der Waals surface area contributed by atoms with E-state index in [0.717, 1.165) is 0 Å². The molecule has 2 amide bonds. The number of carbonyl (C=O) groups is 2. The number of carbonyl (C=O) groups excluding carboxylic acids is 2. The van der Waals surface area contributed by atoms with Gasteiger partial charge in [0.05, 0.1) is 17.4 Å². The number of hydrogen-bond acceptors (Lipinski definition) is 6. The van der Waals surface area contributed by atoms with Gasteiger partial charge in [-0.15, -0.1) is 0 Å². The highest BCUT2D eigenvalue weighted by Gasteiger charge is 2.32. The van der Waals surface area contributed by atoms with Crippen LogP contribution in [0.4, 0.5) is 20.6 Å². The molecule has 8 nitrogen and oxygen atoms in total. The summed E-state index contributed by atoms with van der Waals surface area (Å²) < 4.78 is 21.0. The lowest BCUT2D eigenvalue weighted by Crippen LogP contribution is -2.42. The predicted molar refractivity (Wildman–Crippen MR) is 151 cm³/mol. The Kier molecular flexibility index (Phi) is 8.32. The van der Waals surface area contributed by atoms with Crippen LogP contribution in [0.5, 0.6) is 0 Å². The van der Waals surface area contributed by atoms with Crippen molar-refractivity contribution in [2.24, 2.45) is 0 Å². The van der Waals surface area contributed by atoms with Crippen LogP contribution in [-0.2, 0) is 4.74 Å². The molecule has 1 aliphatic heterocycles. The monoisotopic (exact) mass is 573 g/mol. The number of aryl methyl sites for hydroxylation is 1. The van der Waals surface area contributed by atoms with E-state index in [9.17, 15) is 9.59 Å². The van der Waals surface area contributed by atoms with Crippen molar-refractivity contribution in [2.75, 3.05) is 30.4 Å². The van der Waals surface area contributed by atoms with E-state index >= 15 is 4.39 Å². The van der Waals surface area contributed by atoms with Crippen molar-refractivity contribution < 1.29 is 18.7 Å². The van der Waals surface area contributed by atoms with E-state index in [1.54, 1.807) is 24.9 Å². The fraction of sp³-hybridized carbons (Fsp3) is 0.357. The van der Waals surface area contributed by atoms with Gasteiger partial charge in [0, 0.05) is 59.3 Å². The van der Waals surface area contributed by atoms with Gasteiger partial charge in [-0.25, -0.2) is 19.2 Å². The van der Waals surface area contributed by atoms with E-state index in [4.69, 9.17) is 27.9 Å². The van der Waals surface area contributed by atoms with Crippen LogP contribution in [0.3, 0.4) is 0 Å². The van der Waals surface area contributed by atoms with E-state index < -0.39 is 23.4 Å². The molecule has 2 aromatic carbocycles. The summed E-state index contributed by atoms with van der Waals surface area (Å²) in [4.78, 5) is 37.7. The van der Waals surface area contributed by atoms with Gasteiger partial charge < -0.3 is 19.9 Å². The highest BCUT2D eigenvalue weighted by Crippen LogP contribution is 2.36. The average molecular weight is 574 g/mol. The zero-order valence-corrected chi connectivity index (χ0v) is 23.9. The van der Waals surface area contributed by atoms with Gasteiger partial charge in [-0.1, -0.05) is 23.2 Å². The van der Waals surface area contributed by atoms with Gasteiger partial charge in [-0.3, -0.25) is 4.79 Å². The Morgan fingerprint density at radius 3 is 2.36 bits per heavy atom. The normalized spacial score (nSPS) is 15.3. The molecule has 1 unspecified atom stereocenters. The molecule has 0 aliphatic carbocycles. The minimum atomic E-state index is -0.622. The number of hydrogen-bond donors (Lipinski definition) is 1. The second-order valence-corrected chi connectivity index (χ2v) is 11.3. The van der Waals surface area contributed by atoms with Crippen LogP contribution in [0.15, 0.2) is 42.7 Å². The molecule has 0 saturated carbocycles. The number of amides is 2. The van der Waals surface area contributed by atoms with Crippen LogP contribution in [-0.4, -0.2) is 58.6 Å². The number of nitrogens with zero attached hydrogens (tertiary/aromatic N) is 4. The number of anilines is 2. The Bertz CT molecular complexity index is 1370. The molecular weight excluding hydrogens is 544 g/mol. The summed E-state index contributed by atoms with van der Waals surface area (Å²) in [7, 11) is 1.69. The molecule has 1 N–H and O–H groups in total. The van der Waals surface area contributed by atoms with Crippen molar-refractivity contribution >= 4 is 46.6 Å². The van der Waals surface area contributed by atoms with Crippen LogP contribution < -0.4 is 10.2 Å². The van der Waals surface area contributed by atoms with Crippen LogP contribution in [0, 0.1) is 12.7 Å². The highest BCUT2D eigenvalue weighted by atomic mass is 35.5. The minimum Gasteiger partial charge on any atom is -0.444 e. The van der Waals surface area contributed by atoms with Crippen molar-refractivity contribution in [3.8, 4) is 11.1 Å². The third-order valence-corrected chi connectivity index (χ3v) is 6.72. The average Bonchev–Trinajstić information content (AvgIpc) is 3.33. The summed E-state index contributed by atoms with van der Waals surface area (Å²) in [5, 5.41) is 3.53. The molecule has 0 bridgehead atoms. The summed E-state index contributed by atoms with van der Waals surface area (Å²) in [5.74, 6) is -0.399. The van der Waals surface area contributed by atoms with Gasteiger partial charge in [0.2, 0.25) is 0 Å². The van der Waals surface area contributed by atoms with Crippen molar-refractivity contribution in [3.05, 3.63) is 70.0 Å². The molecule has 1 atom stereocenters. The van der Waals surface area contributed by atoms with Gasteiger partial charge in [-0.05, 0) is 64.4 Å². The van der Waals surface area contributed by atoms with Crippen molar-refractivity contribution in [2.45, 2.75) is 45.8 Å². The van der Waals surface area contributed by atoms with Crippen LogP contribution in [0.1, 0.15) is 43.4 Å². The molecule has 1 fully saturated rings. The molecule has 206 valence electrons. The first kappa shape index (κ1) is 28.6. The van der Waals surface area contributed by atoms with E-state index in [0.29, 0.717) is 52.3 Å². The maximum Gasteiger partial charge on any atom is 0.410 e. The zero-order valence-electron chi connectivity index (χ0n) is 22.4. The second kappa shape index (κ2) is 11.4. The predicted octanol–water partition coefficient (Wildman–Crippen LogP) is 6.60. The largest absolute Gasteiger partial charge is 0.444 e. The zero-order chi connectivity index (χ0) is 28.5. The maximum atomic E-state index is 15.5. The third-order valence-electron chi connectivity index (χ3n) is 6.28. The molecule has 2 heterocycles. The molecule has 1 aliphatic rings. The third kappa shape index (κ3) is 6.96. The molecule has 4 rings (SSSR count). The summed E-state index contributed by atoms with van der Waals surface area (Å²) in [6.45, 7) is 8.13. The molecular formula is C28H30Cl2FN5O3. The van der Waals surface area contributed by atoms with Gasteiger partial charge in [0.1, 0.15) is 17.2 Å². The number of ether oxygens (including phenoxy) is 1. The Hall–Kier alpha value is -3.43. The number of likely N-dealkylation sites (N-methyl/N-ethyl adjacent to an activating group) is 1. The summed E-state index contributed by atoms with van der Waals surface area (Å²) in [6.07, 6.45) is 3.28. The molecule has 1 aromatic heterocycles. The van der Waals surface area contributed by atoms with Gasteiger partial charge in [0.15, 0.2) is 0 Å². The number of benzene rings is 2. The van der Waals surface area contributed by atoms with E-state index in [2.05, 4.69) is 15.3 Å². The van der Waals surface area contributed by atoms with Gasteiger partial charge in [-0.2, -0.15) is 0 Å². The first-order valence-corrected chi connectivity index (χ1v) is 13.2. The molecule has 1 saturated heterocycles. The standard InChI is InChI=1S/C28H30Cl2FN5O3/c1-16-32-13-18(14-33-16)22-11-24(34-26(37)17-8-19(29)10-20(30)9-17)25(12-23(22)31)36-7-6-21(15-36)35(5)27(38)39-28(2,3)4/h8-14,21H,6-7,15H2,1-5H3,(H,34,37). The second-order valence-electron chi connectivity index (χ2n) is 10.5. The minimum absolute atomic E-state index is 0.164. The van der Waals surface area contributed by atoms with Crippen LogP contribution >= 0.6 is 23.2 Å². The van der Waals surface area contributed by atoms with E-state index in [1.165, 1.54) is 36.7 Å². The number of nitrogens with one attached hydrogen (secondary N) is 1. The van der Waals surface area contributed by atoms with E-state index in [-0.39, 0.29) is 17.2 Å². The Labute approximate surface area is 237 Å². The Morgan fingerprint density at radius 1 is 1.10 bits per heavy atom.